The van der Waals surface area contributed by atoms with Crippen molar-refractivity contribution in [3.63, 3.8) is 0 Å². The Balaban J connectivity index is 0.863. The molecular formula is C36H58BO4. The summed E-state index contributed by atoms with van der Waals surface area (Å²) in [6.07, 6.45) is 23.3. The van der Waals surface area contributed by atoms with E-state index in [4.69, 9.17) is 9.31 Å². The minimum Gasteiger partial charge on any atom is -0.410 e. The average molecular weight is 566 g/mol. The molecule has 41 heavy (non-hydrogen) atoms. The van der Waals surface area contributed by atoms with E-state index in [0.717, 1.165) is 84.9 Å². The molecule has 1 radical (unpaired) electrons. The summed E-state index contributed by atoms with van der Waals surface area (Å²) in [5.74, 6) is 8.35. The largest absolute Gasteiger partial charge is 0.488 e. The molecule has 0 saturated heterocycles. The number of rotatable bonds is 4. The van der Waals surface area contributed by atoms with Gasteiger partial charge in [0.25, 0.3) is 0 Å². The predicted octanol–water partition coefficient (Wildman–Crippen LogP) is 7.32. The lowest BCUT2D eigenvalue weighted by molar-refractivity contribution is -0.132. The van der Waals surface area contributed by atoms with Crippen molar-refractivity contribution < 1.29 is 19.5 Å². The van der Waals surface area contributed by atoms with E-state index in [1.165, 1.54) is 89.9 Å². The van der Waals surface area contributed by atoms with Gasteiger partial charge >= 0.3 is 7.69 Å². The Morgan fingerprint density at radius 3 is 2.10 bits per heavy atom. The van der Waals surface area contributed by atoms with Crippen LogP contribution in [0.2, 0.25) is 0 Å². The molecule has 16 atom stereocenters. The van der Waals surface area contributed by atoms with Gasteiger partial charge in [0.1, 0.15) is 0 Å². The molecular weight excluding hydrogens is 507 g/mol. The van der Waals surface area contributed by atoms with E-state index in [9.17, 15) is 10.2 Å². The van der Waals surface area contributed by atoms with Crippen molar-refractivity contribution in [3.05, 3.63) is 0 Å². The standard InChI is InChI=1S/C36H58BO4/c1-35-17-15-24(39)20-22(35)4-7-30-31-12-14-34(36(31,2)18-16-32(30)35)41-37-40-33-13-11-28-27-6-3-21-19-23(38)5-8-25(21)26(27)9-10-29(28)33/h21-34,38-39H,3-20H2,1-2H3/t21?,22?,23?,24?,25?,26?,27?,28?,29?,30?,31?,32?,33?,34?,35-,36-/m0/s1. The third kappa shape index (κ3) is 4.58. The third-order valence-corrected chi connectivity index (χ3v) is 16.2. The van der Waals surface area contributed by atoms with Crippen molar-refractivity contribution in [2.24, 2.45) is 70.0 Å². The van der Waals surface area contributed by atoms with Crippen LogP contribution in [0.5, 0.6) is 0 Å². The first kappa shape index (κ1) is 28.4. The number of aliphatic hydroxyl groups is 2. The fraction of sp³-hybridized carbons (Fsp3) is 1.00. The first-order chi connectivity index (χ1) is 19.8. The quantitative estimate of drug-likeness (QED) is 0.351. The Kier molecular flexibility index (Phi) is 7.45. The molecule has 4 nitrogen and oxygen atoms in total. The van der Waals surface area contributed by atoms with E-state index in [1.54, 1.807) is 0 Å². The summed E-state index contributed by atoms with van der Waals surface area (Å²) in [7, 11) is 1.84. The van der Waals surface area contributed by atoms with Gasteiger partial charge in [-0.05, 0) is 186 Å². The molecule has 0 aromatic carbocycles. The monoisotopic (exact) mass is 565 g/mol. The highest BCUT2D eigenvalue weighted by Gasteiger charge is 2.60. The van der Waals surface area contributed by atoms with Crippen LogP contribution in [0.3, 0.4) is 0 Å². The highest BCUT2D eigenvalue weighted by molar-refractivity contribution is 6.18. The summed E-state index contributed by atoms with van der Waals surface area (Å²) in [6, 6.07) is 0. The van der Waals surface area contributed by atoms with E-state index in [2.05, 4.69) is 13.8 Å². The Hall–Kier alpha value is -0.0951. The van der Waals surface area contributed by atoms with Crippen molar-refractivity contribution in [2.45, 2.75) is 154 Å². The van der Waals surface area contributed by atoms with Gasteiger partial charge in [-0.25, -0.2) is 0 Å². The predicted molar refractivity (Wildman–Crippen MR) is 162 cm³/mol. The second-order valence-electron chi connectivity index (χ2n) is 17.4. The van der Waals surface area contributed by atoms with Crippen molar-refractivity contribution in [2.75, 3.05) is 0 Å². The zero-order chi connectivity index (χ0) is 27.9. The number of fused-ring (bicyclic) bond motifs is 10. The molecule has 0 aliphatic heterocycles. The Labute approximate surface area is 250 Å². The first-order valence-electron chi connectivity index (χ1n) is 18.3. The Morgan fingerprint density at radius 1 is 0.537 bits per heavy atom. The van der Waals surface area contributed by atoms with Gasteiger partial charge in [0.05, 0.1) is 12.2 Å². The van der Waals surface area contributed by atoms with Gasteiger partial charge in [0.15, 0.2) is 0 Å². The summed E-state index contributed by atoms with van der Waals surface area (Å²) in [4.78, 5) is 0. The number of hydrogen-bond donors (Lipinski definition) is 2. The number of aliphatic hydroxyl groups excluding tert-OH is 2. The molecule has 8 aliphatic carbocycles. The Morgan fingerprint density at radius 2 is 1.20 bits per heavy atom. The molecule has 14 unspecified atom stereocenters. The lowest BCUT2D eigenvalue weighted by Gasteiger charge is -2.60. The molecule has 5 heteroatoms. The summed E-state index contributed by atoms with van der Waals surface area (Å²) in [5.41, 5.74) is 0.744. The maximum absolute atomic E-state index is 10.4. The van der Waals surface area contributed by atoms with Crippen molar-refractivity contribution in [3.8, 4) is 0 Å². The molecule has 0 amide bonds. The van der Waals surface area contributed by atoms with Gasteiger partial charge < -0.3 is 19.5 Å². The van der Waals surface area contributed by atoms with E-state index in [1.807, 2.05) is 7.69 Å². The molecule has 0 aromatic rings. The van der Waals surface area contributed by atoms with Crippen LogP contribution in [0.15, 0.2) is 0 Å². The molecule has 0 spiro atoms. The first-order valence-corrected chi connectivity index (χ1v) is 18.3. The van der Waals surface area contributed by atoms with Crippen LogP contribution in [-0.2, 0) is 9.31 Å². The molecule has 8 aliphatic rings. The topological polar surface area (TPSA) is 58.9 Å². The van der Waals surface area contributed by atoms with E-state index < -0.39 is 0 Å². The van der Waals surface area contributed by atoms with E-state index in [-0.39, 0.29) is 12.2 Å². The molecule has 8 saturated carbocycles. The van der Waals surface area contributed by atoms with Gasteiger partial charge in [0.2, 0.25) is 0 Å². The summed E-state index contributed by atoms with van der Waals surface area (Å²) in [6.45, 7) is 5.16. The van der Waals surface area contributed by atoms with Gasteiger partial charge in [-0.15, -0.1) is 0 Å². The SMILES string of the molecule is C[C@]12CCC(O)CC1CCC1C2CC[C@]2(C)C(O[B]OC3CCC4C3CCC3C5CCC(O)CC5CCC34)CCC12. The van der Waals surface area contributed by atoms with Crippen LogP contribution in [0.1, 0.15) is 129 Å². The minimum atomic E-state index is -0.0506. The molecule has 2 N–H and O–H groups in total. The molecule has 8 fully saturated rings. The van der Waals surface area contributed by atoms with E-state index in [0.29, 0.717) is 23.0 Å². The normalized spacial score (nSPS) is 57.9. The van der Waals surface area contributed by atoms with Crippen LogP contribution >= 0.6 is 0 Å². The minimum absolute atomic E-state index is 0.0263. The number of hydrogen-bond acceptors (Lipinski definition) is 4. The molecule has 229 valence electrons. The molecule has 8 rings (SSSR count). The fourth-order valence-electron chi connectivity index (χ4n) is 14.2. The summed E-state index contributed by atoms with van der Waals surface area (Å²) in [5, 5.41) is 20.6. The lowest BCUT2D eigenvalue weighted by atomic mass is 9.45. The highest BCUT2D eigenvalue weighted by Crippen LogP contribution is 2.66. The zero-order valence-corrected chi connectivity index (χ0v) is 26.1. The smallest absolute Gasteiger partial charge is 0.410 e. The lowest BCUT2D eigenvalue weighted by Crippen LogP contribution is -2.54. The molecule has 0 aromatic heterocycles. The van der Waals surface area contributed by atoms with Crippen LogP contribution < -0.4 is 0 Å². The molecule has 0 heterocycles. The maximum Gasteiger partial charge on any atom is 0.488 e. The Bertz CT molecular complexity index is 960. The van der Waals surface area contributed by atoms with E-state index >= 15 is 0 Å². The van der Waals surface area contributed by atoms with Crippen molar-refractivity contribution in [1.82, 2.24) is 0 Å². The molecule has 0 bridgehead atoms. The summed E-state index contributed by atoms with van der Waals surface area (Å²) >= 11 is 0. The van der Waals surface area contributed by atoms with Gasteiger partial charge in [0, 0.05) is 12.2 Å². The summed E-state index contributed by atoms with van der Waals surface area (Å²) < 4.78 is 13.2. The van der Waals surface area contributed by atoms with Crippen LogP contribution in [0, 0.1) is 70.0 Å². The van der Waals surface area contributed by atoms with Crippen LogP contribution in [0.4, 0.5) is 0 Å². The van der Waals surface area contributed by atoms with Gasteiger partial charge in [-0.1, -0.05) is 13.8 Å². The van der Waals surface area contributed by atoms with Crippen molar-refractivity contribution >= 4 is 7.69 Å². The second kappa shape index (κ2) is 10.8. The third-order valence-electron chi connectivity index (χ3n) is 16.2. The fourth-order valence-corrected chi connectivity index (χ4v) is 14.2. The zero-order valence-electron chi connectivity index (χ0n) is 26.1. The maximum atomic E-state index is 10.4. The van der Waals surface area contributed by atoms with Crippen molar-refractivity contribution in [1.29, 1.82) is 0 Å². The van der Waals surface area contributed by atoms with Crippen LogP contribution in [-0.4, -0.2) is 42.3 Å². The average Bonchev–Trinajstić information content (AvgIpc) is 3.54. The van der Waals surface area contributed by atoms with Gasteiger partial charge in [-0.2, -0.15) is 0 Å². The second-order valence-corrected chi connectivity index (χ2v) is 17.4. The van der Waals surface area contributed by atoms with Crippen LogP contribution in [0.25, 0.3) is 0 Å². The highest BCUT2D eigenvalue weighted by atomic mass is 16.6. The van der Waals surface area contributed by atoms with Gasteiger partial charge in [-0.3, -0.25) is 0 Å².